The molecule has 0 aliphatic carbocycles. The Morgan fingerprint density at radius 1 is 1.50 bits per heavy atom. The van der Waals surface area contributed by atoms with Gasteiger partial charge in [0.1, 0.15) is 11.6 Å². The molecule has 1 aromatic rings. The molecule has 0 radical (unpaired) electrons. The van der Waals surface area contributed by atoms with Crippen molar-refractivity contribution in [1.82, 2.24) is 4.98 Å². The number of halogens is 2. The lowest BCUT2D eigenvalue weighted by molar-refractivity contribution is 0.101. The second-order valence-corrected chi connectivity index (χ2v) is 4.33. The Bertz CT molecular complexity index is 405. The summed E-state index contributed by atoms with van der Waals surface area (Å²) in [5.41, 5.74) is 0.0554. The summed E-state index contributed by atoms with van der Waals surface area (Å²) >= 11 is 3.02. The SMILES string of the molecule is O=C(CBr)c1cnc(N2CCCC2)cc1F. The minimum atomic E-state index is -0.485. The molecular weight excluding hydrogens is 275 g/mol. The Hall–Kier alpha value is -0.970. The van der Waals surface area contributed by atoms with Crippen LogP contribution in [-0.2, 0) is 0 Å². The van der Waals surface area contributed by atoms with Gasteiger partial charge in [0.25, 0.3) is 0 Å². The van der Waals surface area contributed by atoms with E-state index in [0.29, 0.717) is 5.82 Å². The van der Waals surface area contributed by atoms with Crippen LogP contribution in [0.25, 0.3) is 0 Å². The predicted molar refractivity (Wildman–Crippen MR) is 63.8 cm³/mol. The maximum atomic E-state index is 13.6. The topological polar surface area (TPSA) is 33.2 Å². The van der Waals surface area contributed by atoms with Gasteiger partial charge in [0.2, 0.25) is 0 Å². The maximum absolute atomic E-state index is 13.6. The molecule has 3 nitrogen and oxygen atoms in total. The highest BCUT2D eigenvalue weighted by atomic mass is 79.9. The van der Waals surface area contributed by atoms with Crippen LogP contribution in [0.2, 0.25) is 0 Å². The van der Waals surface area contributed by atoms with Gasteiger partial charge in [-0.2, -0.15) is 0 Å². The average Bonchev–Trinajstić information content (AvgIpc) is 2.81. The van der Waals surface area contributed by atoms with Crippen molar-refractivity contribution in [2.45, 2.75) is 12.8 Å². The zero-order valence-corrected chi connectivity index (χ0v) is 10.3. The first-order chi connectivity index (χ1) is 7.72. The number of rotatable bonds is 3. The number of nitrogens with zero attached hydrogens (tertiary/aromatic N) is 2. The molecule has 0 aromatic carbocycles. The van der Waals surface area contributed by atoms with Crippen LogP contribution in [0.1, 0.15) is 23.2 Å². The van der Waals surface area contributed by atoms with E-state index < -0.39 is 5.82 Å². The van der Waals surface area contributed by atoms with Gasteiger partial charge in [-0.3, -0.25) is 4.79 Å². The van der Waals surface area contributed by atoms with Gasteiger partial charge in [0.05, 0.1) is 10.9 Å². The lowest BCUT2D eigenvalue weighted by Gasteiger charge is -2.16. The highest BCUT2D eigenvalue weighted by Gasteiger charge is 2.17. The third kappa shape index (κ3) is 2.24. The number of alkyl halides is 1. The molecule has 16 heavy (non-hydrogen) atoms. The molecule has 2 heterocycles. The van der Waals surface area contributed by atoms with E-state index in [2.05, 4.69) is 20.9 Å². The zero-order valence-electron chi connectivity index (χ0n) is 8.75. The minimum Gasteiger partial charge on any atom is -0.357 e. The zero-order chi connectivity index (χ0) is 11.5. The third-order valence-corrected chi connectivity index (χ3v) is 3.20. The van der Waals surface area contributed by atoms with Crippen molar-refractivity contribution in [3.05, 3.63) is 23.6 Å². The first-order valence-corrected chi connectivity index (χ1v) is 6.34. The van der Waals surface area contributed by atoms with Crippen LogP contribution in [0, 0.1) is 5.82 Å². The Morgan fingerprint density at radius 2 is 2.19 bits per heavy atom. The Balaban J connectivity index is 2.25. The van der Waals surface area contributed by atoms with E-state index >= 15 is 0 Å². The summed E-state index contributed by atoms with van der Waals surface area (Å²) in [7, 11) is 0. The van der Waals surface area contributed by atoms with Crippen LogP contribution in [0.15, 0.2) is 12.3 Å². The predicted octanol–water partition coefficient (Wildman–Crippen LogP) is 2.40. The second-order valence-electron chi connectivity index (χ2n) is 3.77. The van der Waals surface area contributed by atoms with Gasteiger partial charge in [0, 0.05) is 25.4 Å². The van der Waals surface area contributed by atoms with E-state index in [1.54, 1.807) is 0 Å². The molecule has 1 aliphatic heterocycles. The third-order valence-electron chi connectivity index (χ3n) is 2.69. The minimum absolute atomic E-state index is 0.0554. The molecule has 2 rings (SSSR count). The lowest BCUT2D eigenvalue weighted by atomic mass is 10.2. The first kappa shape index (κ1) is 11.5. The van der Waals surface area contributed by atoms with Crippen molar-refractivity contribution < 1.29 is 9.18 Å². The average molecular weight is 287 g/mol. The summed E-state index contributed by atoms with van der Waals surface area (Å²) in [5, 5.41) is 0.120. The van der Waals surface area contributed by atoms with Crippen molar-refractivity contribution in [3.8, 4) is 0 Å². The van der Waals surface area contributed by atoms with Gasteiger partial charge in [0.15, 0.2) is 5.78 Å². The largest absolute Gasteiger partial charge is 0.357 e. The van der Waals surface area contributed by atoms with Crippen molar-refractivity contribution in [2.75, 3.05) is 23.3 Å². The number of anilines is 1. The quantitative estimate of drug-likeness (QED) is 0.632. The smallest absolute Gasteiger partial charge is 0.177 e. The number of hydrogen-bond acceptors (Lipinski definition) is 3. The molecule has 0 bridgehead atoms. The molecule has 0 amide bonds. The van der Waals surface area contributed by atoms with E-state index in [0.717, 1.165) is 25.9 Å². The molecular formula is C11H12BrFN2O. The van der Waals surface area contributed by atoms with Crippen LogP contribution < -0.4 is 4.90 Å². The number of carbonyl (C=O) groups excluding carboxylic acids is 1. The molecule has 0 N–H and O–H groups in total. The highest BCUT2D eigenvalue weighted by Crippen LogP contribution is 2.20. The second kappa shape index (κ2) is 4.91. The van der Waals surface area contributed by atoms with Gasteiger partial charge in [-0.25, -0.2) is 9.37 Å². The summed E-state index contributed by atoms with van der Waals surface area (Å²) < 4.78 is 13.6. The summed E-state index contributed by atoms with van der Waals surface area (Å²) in [4.78, 5) is 17.5. The van der Waals surface area contributed by atoms with Crippen LogP contribution in [-0.4, -0.2) is 29.2 Å². The normalized spacial score (nSPS) is 15.5. The fraction of sp³-hybridized carbons (Fsp3) is 0.455. The summed E-state index contributed by atoms with van der Waals surface area (Å²) in [6, 6.07) is 1.35. The Kier molecular flexibility index (Phi) is 3.53. The van der Waals surface area contributed by atoms with Gasteiger partial charge in [-0.15, -0.1) is 0 Å². The Morgan fingerprint density at radius 3 is 2.75 bits per heavy atom. The standard InChI is InChI=1S/C11H12BrFN2O/c12-6-10(16)8-7-14-11(5-9(8)13)15-3-1-2-4-15/h5,7H,1-4,6H2. The van der Waals surface area contributed by atoms with E-state index in [9.17, 15) is 9.18 Å². The molecule has 1 aliphatic rings. The van der Waals surface area contributed by atoms with Gasteiger partial charge < -0.3 is 4.90 Å². The number of hydrogen-bond donors (Lipinski definition) is 0. The van der Waals surface area contributed by atoms with Crippen molar-refractivity contribution in [3.63, 3.8) is 0 Å². The molecule has 0 unspecified atom stereocenters. The fourth-order valence-corrected chi connectivity index (χ4v) is 2.12. The number of aromatic nitrogens is 1. The van der Waals surface area contributed by atoms with Crippen molar-refractivity contribution >= 4 is 27.5 Å². The molecule has 86 valence electrons. The lowest BCUT2D eigenvalue weighted by Crippen LogP contribution is -2.19. The van der Waals surface area contributed by atoms with Gasteiger partial charge in [-0.1, -0.05) is 15.9 Å². The highest BCUT2D eigenvalue weighted by molar-refractivity contribution is 9.09. The van der Waals surface area contributed by atoms with Gasteiger partial charge in [-0.05, 0) is 12.8 Å². The first-order valence-electron chi connectivity index (χ1n) is 5.22. The van der Waals surface area contributed by atoms with E-state index in [1.165, 1.54) is 12.3 Å². The molecule has 1 saturated heterocycles. The summed E-state index contributed by atoms with van der Waals surface area (Å²) in [6.45, 7) is 1.83. The molecule has 5 heteroatoms. The number of Topliss-reactive ketones (excluding diaryl/α,β-unsaturated/α-hetero) is 1. The molecule has 1 aromatic heterocycles. The maximum Gasteiger partial charge on any atom is 0.177 e. The van der Waals surface area contributed by atoms with Crippen LogP contribution in [0.3, 0.4) is 0 Å². The number of pyridine rings is 1. The van der Waals surface area contributed by atoms with E-state index in [1.807, 2.05) is 4.90 Å². The summed E-state index contributed by atoms with van der Waals surface area (Å²) in [5.74, 6) is -0.138. The molecule has 0 atom stereocenters. The Labute approximate surface area is 102 Å². The molecule has 1 fully saturated rings. The fourth-order valence-electron chi connectivity index (χ4n) is 1.82. The van der Waals surface area contributed by atoms with E-state index in [4.69, 9.17) is 0 Å². The molecule has 0 saturated carbocycles. The van der Waals surface area contributed by atoms with E-state index in [-0.39, 0.29) is 16.7 Å². The number of carbonyl (C=O) groups is 1. The van der Waals surface area contributed by atoms with Crippen molar-refractivity contribution in [2.24, 2.45) is 0 Å². The molecule has 0 spiro atoms. The monoisotopic (exact) mass is 286 g/mol. The van der Waals surface area contributed by atoms with Crippen molar-refractivity contribution in [1.29, 1.82) is 0 Å². The van der Waals surface area contributed by atoms with Crippen LogP contribution in [0.4, 0.5) is 10.2 Å². The van der Waals surface area contributed by atoms with Crippen LogP contribution in [0.5, 0.6) is 0 Å². The van der Waals surface area contributed by atoms with Crippen LogP contribution >= 0.6 is 15.9 Å². The summed E-state index contributed by atoms with van der Waals surface area (Å²) in [6.07, 6.45) is 3.56. The van der Waals surface area contributed by atoms with Gasteiger partial charge >= 0.3 is 0 Å². The number of ketones is 1.